The fourth-order valence-electron chi connectivity index (χ4n) is 5.33. The molecule has 1 saturated carbocycles. The zero-order chi connectivity index (χ0) is 21.8. The Kier molecular flexibility index (Phi) is 6.97. The molecule has 2 aromatic rings. The zero-order valence-electron chi connectivity index (χ0n) is 18.7. The van der Waals surface area contributed by atoms with E-state index in [4.69, 9.17) is 4.74 Å². The summed E-state index contributed by atoms with van der Waals surface area (Å²) in [6.07, 6.45) is 6.51. The lowest BCUT2D eigenvalue weighted by molar-refractivity contribution is -0.131. The Balaban J connectivity index is 1.27. The van der Waals surface area contributed by atoms with Crippen molar-refractivity contribution in [1.29, 1.82) is 0 Å². The number of hydrogen-bond acceptors (Lipinski definition) is 6. The van der Waals surface area contributed by atoms with Gasteiger partial charge in [0.15, 0.2) is 5.16 Å². The van der Waals surface area contributed by atoms with Crippen LogP contribution in [-0.4, -0.2) is 70.7 Å². The van der Waals surface area contributed by atoms with Crippen LogP contribution in [0.1, 0.15) is 37.7 Å². The molecule has 5 rings (SSSR count). The lowest BCUT2D eigenvalue weighted by atomic mass is 9.75. The van der Waals surface area contributed by atoms with Crippen molar-refractivity contribution in [3.63, 3.8) is 0 Å². The molecule has 2 aliphatic heterocycles. The van der Waals surface area contributed by atoms with E-state index in [0.29, 0.717) is 31.4 Å². The van der Waals surface area contributed by atoms with Crippen LogP contribution in [0.5, 0.6) is 0 Å². The number of morpholine rings is 1. The predicted octanol–water partition coefficient (Wildman–Crippen LogP) is 3.29. The molecular formula is C24H33N5O2S. The first-order valence-corrected chi connectivity index (χ1v) is 13.0. The summed E-state index contributed by atoms with van der Waals surface area (Å²) in [5.74, 6) is 3.08. The highest BCUT2D eigenvalue weighted by molar-refractivity contribution is 7.99. The Morgan fingerprint density at radius 2 is 1.78 bits per heavy atom. The number of rotatable bonds is 6. The number of ether oxygens (including phenoxy) is 1. The summed E-state index contributed by atoms with van der Waals surface area (Å²) in [4.78, 5) is 17.4. The summed E-state index contributed by atoms with van der Waals surface area (Å²) in [6.45, 7) is 5.59. The van der Waals surface area contributed by atoms with Crippen molar-refractivity contribution in [1.82, 2.24) is 19.7 Å². The van der Waals surface area contributed by atoms with Crippen molar-refractivity contribution in [3.8, 4) is 0 Å². The van der Waals surface area contributed by atoms with Gasteiger partial charge in [-0.05, 0) is 30.2 Å². The molecule has 1 aromatic heterocycles. The number of likely N-dealkylation sites (tertiary alicyclic amines) is 1. The van der Waals surface area contributed by atoms with E-state index < -0.39 is 0 Å². The minimum atomic E-state index is 0.237. The maximum atomic E-state index is 13.0. The van der Waals surface area contributed by atoms with Gasteiger partial charge in [-0.3, -0.25) is 9.36 Å². The van der Waals surface area contributed by atoms with E-state index in [2.05, 4.69) is 48.8 Å². The molecule has 0 spiro atoms. The molecule has 2 saturated heterocycles. The SMILES string of the molecule is O=C(CSc1nnc(N2CCOCC2)n1Cc1ccccc1)N1CC[C@H]2CCCC[C@H]2C1. The molecule has 3 aliphatic rings. The van der Waals surface area contributed by atoms with Crippen LogP contribution in [-0.2, 0) is 16.1 Å². The van der Waals surface area contributed by atoms with Gasteiger partial charge >= 0.3 is 0 Å². The van der Waals surface area contributed by atoms with Gasteiger partial charge in [-0.25, -0.2) is 0 Å². The van der Waals surface area contributed by atoms with Gasteiger partial charge in [-0.1, -0.05) is 61.4 Å². The Morgan fingerprint density at radius 1 is 1.00 bits per heavy atom. The summed E-state index contributed by atoms with van der Waals surface area (Å²) in [7, 11) is 0. The van der Waals surface area contributed by atoms with E-state index in [9.17, 15) is 4.79 Å². The highest BCUT2D eigenvalue weighted by Crippen LogP contribution is 2.36. The van der Waals surface area contributed by atoms with Gasteiger partial charge in [0.05, 0.1) is 25.5 Å². The third-order valence-corrected chi connectivity index (χ3v) is 8.09. The number of anilines is 1. The minimum absolute atomic E-state index is 0.237. The number of hydrogen-bond donors (Lipinski definition) is 0. The molecular weight excluding hydrogens is 422 g/mol. The van der Waals surface area contributed by atoms with E-state index >= 15 is 0 Å². The first kappa shape index (κ1) is 21.8. The lowest BCUT2D eigenvalue weighted by Crippen LogP contribution is -2.45. The molecule has 172 valence electrons. The molecule has 32 heavy (non-hydrogen) atoms. The molecule has 1 amide bonds. The van der Waals surface area contributed by atoms with Gasteiger partial charge in [-0.2, -0.15) is 0 Å². The van der Waals surface area contributed by atoms with Crippen LogP contribution in [0.3, 0.4) is 0 Å². The first-order chi connectivity index (χ1) is 15.8. The minimum Gasteiger partial charge on any atom is -0.378 e. The Labute approximate surface area is 194 Å². The number of amides is 1. The van der Waals surface area contributed by atoms with Crippen molar-refractivity contribution >= 4 is 23.6 Å². The van der Waals surface area contributed by atoms with Crippen LogP contribution in [0.25, 0.3) is 0 Å². The Morgan fingerprint density at radius 3 is 2.59 bits per heavy atom. The lowest BCUT2D eigenvalue weighted by Gasteiger charge is -2.41. The molecule has 8 heteroatoms. The summed E-state index contributed by atoms with van der Waals surface area (Å²) in [5, 5.41) is 9.83. The third-order valence-electron chi connectivity index (χ3n) is 7.14. The Hall–Kier alpha value is -2.06. The number of nitrogens with zero attached hydrogens (tertiary/aromatic N) is 5. The number of fused-ring (bicyclic) bond motifs is 1. The topological polar surface area (TPSA) is 63.5 Å². The quantitative estimate of drug-likeness (QED) is 0.623. The normalized spacial score (nSPS) is 23.8. The third kappa shape index (κ3) is 4.96. The number of carbonyl (C=O) groups is 1. The molecule has 3 heterocycles. The number of benzene rings is 1. The molecule has 2 atom stereocenters. The predicted molar refractivity (Wildman–Crippen MR) is 126 cm³/mol. The van der Waals surface area contributed by atoms with Gasteiger partial charge in [0.1, 0.15) is 0 Å². The number of carbonyl (C=O) groups excluding carboxylic acids is 1. The van der Waals surface area contributed by atoms with E-state index in [1.807, 2.05) is 6.07 Å². The van der Waals surface area contributed by atoms with Gasteiger partial charge in [0, 0.05) is 26.2 Å². The van der Waals surface area contributed by atoms with E-state index in [1.165, 1.54) is 49.4 Å². The zero-order valence-corrected chi connectivity index (χ0v) is 19.5. The number of thioether (sulfide) groups is 1. The van der Waals surface area contributed by atoms with Crippen LogP contribution < -0.4 is 4.90 Å². The standard InChI is InChI=1S/C24H33N5O2S/c30-22(28-11-10-20-8-4-5-9-21(20)17-28)18-32-24-26-25-23(27-12-14-31-15-13-27)29(24)16-19-6-2-1-3-7-19/h1-3,6-7,20-21H,4-5,8-18H2/t20-,21+/m1/s1. The molecule has 7 nitrogen and oxygen atoms in total. The van der Waals surface area contributed by atoms with Crippen molar-refractivity contribution in [3.05, 3.63) is 35.9 Å². The van der Waals surface area contributed by atoms with Crippen LogP contribution in [0.2, 0.25) is 0 Å². The largest absolute Gasteiger partial charge is 0.378 e. The number of aromatic nitrogens is 3. The summed E-state index contributed by atoms with van der Waals surface area (Å²) >= 11 is 1.52. The van der Waals surface area contributed by atoms with Crippen LogP contribution in [0.15, 0.2) is 35.5 Å². The molecule has 0 radical (unpaired) electrons. The average molecular weight is 456 g/mol. The fourth-order valence-corrected chi connectivity index (χ4v) is 6.17. The molecule has 3 fully saturated rings. The van der Waals surface area contributed by atoms with Crippen molar-refractivity contribution < 1.29 is 9.53 Å². The van der Waals surface area contributed by atoms with Gasteiger partial charge in [0.25, 0.3) is 0 Å². The Bertz CT molecular complexity index is 899. The second kappa shape index (κ2) is 10.3. The monoisotopic (exact) mass is 455 g/mol. The van der Waals surface area contributed by atoms with Gasteiger partial charge < -0.3 is 14.5 Å². The van der Waals surface area contributed by atoms with Crippen LogP contribution in [0, 0.1) is 11.8 Å². The maximum absolute atomic E-state index is 13.0. The highest BCUT2D eigenvalue weighted by atomic mass is 32.2. The fraction of sp³-hybridized carbons (Fsp3) is 0.625. The summed E-state index contributed by atoms with van der Waals surface area (Å²) < 4.78 is 7.67. The molecule has 1 aromatic carbocycles. The second-order valence-electron chi connectivity index (χ2n) is 9.18. The summed E-state index contributed by atoms with van der Waals surface area (Å²) in [6, 6.07) is 10.4. The number of piperidine rings is 1. The van der Waals surface area contributed by atoms with Crippen LogP contribution in [0.4, 0.5) is 5.95 Å². The van der Waals surface area contributed by atoms with Gasteiger partial charge in [-0.15, -0.1) is 10.2 Å². The van der Waals surface area contributed by atoms with Gasteiger partial charge in [0.2, 0.25) is 11.9 Å². The van der Waals surface area contributed by atoms with Crippen molar-refractivity contribution in [2.24, 2.45) is 11.8 Å². The average Bonchev–Trinajstić information content (AvgIpc) is 3.25. The van der Waals surface area contributed by atoms with Crippen LogP contribution >= 0.6 is 11.8 Å². The molecule has 0 unspecified atom stereocenters. The van der Waals surface area contributed by atoms with Crippen molar-refractivity contribution in [2.45, 2.75) is 43.8 Å². The first-order valence-electron chi connectivity index (χ1n) is 12.0. The van der Waals surface area contributed by atoms with Crippen molar-refractivity contribution in [2.75, 3.05) is 50.0 Å². The second-order valence-corrected chi connectivity index (χ2v) is 10.1. The summed E-state index contributed by atoms with van der Waals surface area (Å²) in [5.41, 5.74) is 1.20. The molecule has 0 bridgehead atoms. The molecule has 1 aliphatic carbocycles. The van der Waals surface area contributed by atoms with E-state index in [0.717, 1.165) is 43.2 Å². The smallest absolute Gasteiger partial charge is 0.233 e. The highest BCUT2D eigenvalue weighted by Gasteiger charge is 2.33. The van der Waals surface area contributed by atoms with E-state index in [1.54, 1.807) is 0 Å². The molecule has 0 N–H and O–H groups in total. The van der Waals surface area contributed by atoms with E-state index in [-0.39, 0.29) is 5.91 Å². The maximum Gasteiger partial charge on any atom is 0.233 e.